The van der Waals surface area contributed by atoms with Crippen molar-refractivity contribution >= 4 is 0 Å². The maximum Gasteiger partial charge on any atom is 0.184 e. The van der Waals surface area contributed by atoms with E-state index in [1.165, 1.54) is 0 Å². The monoisotopic (exact) mass is 205 g/mol. The van der Waals surface area contributed by atoms with E-state index in [4.69, 9.17) is 10.00 Å². The molecule has 0 aromatic heterocycles. The molecule has 1 aromatic rings. The molecule has 80 valence electrons. The van der Waals surface area contributed by atoms with Crippen LogP contribution in [0, 0.1) is 11.3 Å². The van der Waals surface area contributed by atoms with Crippen LogP contribution in [0.15, 0.2) is 24.3 Å². The lowest BCUT2D eigenvalue weighted by Crippen LogP contribution is -2.12. The Morgan fingerprint density at radius 3 is 2.40 bits per heavy atom. The van der Waals surface area contributed by atoms with Gasteiger partial charge in [-0.2, -0.15) is 5.26 Å². The highest BCUT2D eigenvalue weighted by Gasteiger charge is 2.06. The average molecular weight is 205 g/mol. The number of benzene rings is 1. The maximum absolute atomic E-state index is 9.30. The zero-order valence-corrected chi connectivity index (χ0v) is 8.97. The SMILES string of the molecule is CCC(C#N)Oc1ccc(C(C)O)cc1. The van der Waals surface area contributed by atoms with E-state index in [1.54, 1.807) is 31.2 Å². The summed E-state index contributed by atoms with van der Waals surface area (Å²) >= 11 is 0. The lowest BCUT2D eigenvalue weighted by Gasteiger charge is -2.11. The van der Waals surface area contributed by atoms with E-state index in [0.717, 1.165) is 5.56 Å². The molecule has 0 aliphatic carbocycles. The van der Waals surface area contributed by atoms with Crippen LogP contribution in [0.25, 0.3) is 0 Å². The van der Waals surface area contributed by atoms with E-state index in [1.807, 2.05) is 6.92 Å². The molecule has 15 heavy (non-hydrogen) atoms. The number of hydrogen-bond donors (Lipinski definition) is 1. The Bertz CT molecular complexity index is 338. The van der Waals surface area contributed by atoms with Gasteiger partial charge in [-0.1, -0.05) is 19.1 Å². The summed E-state index contributed by atoms with van der Waals surface area (Å²) in [5.74, 6) is 0.660. The smallest absolute Gasteiger partial charge is 0.184 e. The van der Waals surface area contributed by atoms with Gasteiger partial charge in [0.1, 0.15) is 11.8 Å². The largest absolute Gasteiger partial charge is 0.476 e. The third kappa shape index (κ3) is 3.26. The molecule has 3 heteroatoms. The molecule has 0 saturated carbocycles. The summed E-state index contributed by atoms with van der Waals surface area (Å²) in [7, 11) is 0. The summed E-state index contributed by atoms with van der Waals surface area (Å²) in [5.41, 5.74) is 0.840. The fraction of sp³-hybridized carbons (Fsp3) is 0.417. The van der Waals surface area contributed by atoms with E-state index < -0.39 is 12.2 Å². The van der Waals surface area contributed by atoms with Crippen molar-refractivity contribution in [2.75, 3.05) is 0 Å². The first kappa shape index (κ1) is 11.5. The van der Waals surface area contributed by atoms with Crippen molar-refractivity contribution in [1.82, 2.24) is 0 Å². The lowest BCUT2D eigenvalue weighted by molar-refractivity contribution is 0.199. The molecule has 2 unspecified atom stereocenters. The number of nitrogens with zero attached hydrogens (tertiary/aromatic N) is 1. The van der Waals surface area contributed by atoms with E-state index in [0.29, 0.717) is 12.2 Å². The third-order valence-electron chi connectivity index (χ3n) is 2.16. The van der Waals surface area contributed by atoms with E-state index in [2.05, 4.69) is 6.07 Å². The summed E-state index contributed by atoms with van der Waals surface area (Å²) in [6.07, 6.45) is -0.214. The lowest BCUT2D eigenvalue weighted by atomic mass is 10.1. The molecule has 0 aliphatic heterocycles. The molecule has 1 rings (SSSR count). The van der Waals surface area contributed by atoms with Crippen LogP contribution < -0.4 is 4.74 Å². The molecule has 0 amide bonds. The standard InChI is InChI=1S/C12H15NO2/c1-3-11(8-13)15-12-6-4-10(5-7-12)9(2)14/h4-7,9,11,14H,3H2,1-2H3. The van der Waals surface area contributed by atoms with Crippen LogP contribution in [0.5, 0.6) is 5.75 Å². The second-order valence-electron chi connectivity index (χ2n) is 3.39. The molecule has 1 aromatic carbocycles. The average Bonchev–Trinajstić information content (AvgIpc) is 2.26. The van der Waals surface area contributed by atoms with Gasteiger partial charge in [-0.3, -0.25) is 0 Å². The van der Waals surface area contributed by atoms with Gasteiger partial charge in [-0.05, 0) is 31.0 Å². The van der Waals surface area contributed by atoms with Crippen molar-refractivity contribution in [3.05, 3.63) is 29.8 Å². The molecule has 3 nitrogen and oxygen atoms in total. The number of nitriles is 1. The van der Waals surface area contributed by atoms with Gasteiger partial charge in [0.25, 0.3) is 0 Å². The number of aliphatic hydroxyl groups excluding tert-OH is 1. The minimum Gasteiger partial charge on any atom is -0.476 e. The summed E-state index contributed by atoms with van der Waals surface area (Å²) < 4.78 is 5.40. The van der Waals surface area contributed by atoms with Crippen molar-refractivity contribution in [3.8, 4) is 11.8 Å². The number of aliphatic hydroxyl groups is 1. The Kier molecular flexibility index (Phi) is 4.14. The molecule has 0 aliphatic rings. The van der Waals surface area contributed by atoms with Gasteiger partial charge in [0.05, 0.1) is 6.10 Å². The van der Waals surface area contributed by atoms with Crippen molar-refractivity contribution in [2.45, 2.75) is 32.5 Å². The molecule has 0 radical (unpaired) electrons. The van der Waals surface area contributed by atoms with E-state index >= 15 is 0 Å². The first-order valence-corrected chi connectivity index (χ1v) is 5.01. The predicted octanol–water partition coefficient (Wildman–Crippen LogP) is 2.42. The zero-order chi connectivity index (χ0) is 11.3. The number of rotatable bonds is 4. The summed E-state index contributed by atoms with van der Waals surface area (Å²) in [6.45, 7) is 3.61. The molecule has 0 heterocycles. The summed E-state index contributed by atoms with van der Waals surface area (Å²) in [5, 5.41) is 18.0. The Balaban J connectivity index is 2.69. The van der Waals surface area contributed by atoms with Crippen LogP contribution in [0.3, 0.4) is 0 Å². The number of ether oxygens (including phenoxy) is 1. The number of hydrogen-bond acceptors (Lipinski definition) is 3. The molecule has 1 N–H and O–H groups in total. The van der Waals surface area contributed by atoms with Gasteiger partial charge in [-0.25, -0.2) is 0 Å². The fourth-order valence-electron chi connectivity index (χ4n) is 1.19. The van der Waals surface area contributed by atoms with Gasteiger partial charge >= 0.3 is 0 Å². The predicted molar refractivity (Wildman–Crippen MR) is 57.4 cm³/mol. The maximum atomic E-state index is 9.30. The highest BCUT2D eigenvalue weighted by molar-refractivity contribution is 5.28. The molecule has 0 spiro atoms. The summed E-state index contributed by atoms with van der Waals surface area (Å²) in [4.78, 5) is 0. The van der Waals surface area contributed by atoms with Crippen LogP contribution in [0.4, 0.5) is 0 Å². The van der Waals surface area contributed by atoms with Crippen LogP contribution in [0.2, 0.25) is 0 Å². The minimum absolute atomic E-state index is 0.401. The van der Waals surface area contributed by atoms with Crippen LogP contribution in [-0.4, -0.2) is 11.2 Å². The highest BCUT2D eigenvalue weighted by atomic mass is 16.5. The normalized spacial score (nSPS) is 14.0. The Labute approximate surface area is 89.9 Å². The molecular formula is C12H15NO2. The van der Waals surface area contributed by atoms with Gasteiger partial charge in [0.2, 0.25) is 0 Å². The fourth-order valence-corrected chi connectivity index (χ4v) is 1.19. The van der Waals surface area contributed by atoms with Gasteiger partial charge in [0.15, 0.2) is 6.10 Å². The quantitative estimate of drug-likeness (QED) is 0.821. The molecule has 0 bridgehead atoms. The van der Waals surface area contributed by atoms with Crippen molar-refractivity contribution in [3.63, 3.8) is 0 Å². The van der Waals surface area contributed by atoms with Gasteiger partial charge in [0, 0.05) is 0 Å². The van der Waals surface area contributed by atoms with E-state index in [9.17, 15) is 5.11 Å². The third-order valence-corrected chi connectivity index (χ3v) is 2.16. The van der Waals surface area contributed by atoms with E-state index in [-0.39, 0.29) is 0 Å². The first-order valence-electron chi connectivity index (χ1n) is 5.01. The zero-order valence-electron chi connectivity index (χ0n) is 8.97. The van der Waals surface area contributed by atoms with Crippen LogP contribution in [0.1, 0.15) is 31.9 Å². The van der Waals surface area contributed by atoms with Crippen LogP contribution in [-0.2, 0) is 0 Å². The van der Waals surface area contributed by atoms with Crippen molar-refractivity contribution < 1.29 is 9.84 Å². The first-order chi connectivity index (χ1) is 7.17. The molecule has 2 atom stereocenters. The molecule has 0 fully saturated rings. The molecule has 0 saturated heterocycles. The topological polar surface area (TPSA) is 53.2 Å². The molecular weight excluding hydrogens is 190 g/mol. The van der Waals surface area contributed by atoms with Crippen LogP contribution >= 0.6 is 0 Å². The highest BCUT2D eigenvalue weighted by Crippen LogP contribution is 2.18. The van der Waals surface area contributed by atoms with Gasteiger partial charge in [-0.15, -0.1) is 0 Å². The Morgan fingerprint density at radius 2 is 2.00 bits per heavy atom. The second kappa shape index (κ2) is 5.38. The summed E-state index contributed by atoms with van der Waals surface area (Å²) in [6, 6.07) is 9.19. The second-order valence-corrected chi connectivity index (χ2v) is 3.39. The van der Waals surface area contributed by atoms with Gasteiger partial charge < -0.3 is 9.84 Å². The minimum atomic E-state index is -0.475. The Morgan fingerprint density at radius 1 is 1.40 bits per heavy atom. The Hall–Kier alpha value is -1.53. The van der Waals surface area contributed by atoms with Crippen molar-refractivity contribution in [2.24, 2.45) is 0 Å². The van der Waals surface area contributed by atoms with Crippen molar-refractivity contribution in [1.29, 1.82) is 5.26 Å².